The van der Waals surface area contributed by atoms with Crippen LogP contribution in [0.3, 0.4) is 0 Å². The number of pyridine rings is 2. The molecule has 5 nitrogen and oxygen atoms in total. The van der Waals surface area contributed by atoms with E-state index in [0.29, 0.717) is 0 Å². The van der Waals surface area contributed by atoms with Crippen LogP contribution in [0.4, 0.5) is 0 Å². The number of fused-ring (bicyclic) bond motifs is 10. The summed E-state index contributed by atoms with van der Waals surface area (Å²) in [6.07, 6.45) is 0. The van der Waals surface area contributed by atoms with Gasteiger partial charge in [-0.25, -0.2) is 9.97 Å². The normalized spacial score (nSPS) is 11.9. The Hall–Kier alpha value is -7.76. The molecular weight excluding hydrogens is 695 g/mol. The maximum atomic E-state index is 5.34. The van der Waals surface area contributed by atoms with Crippen LogP contribution in [0.5, 0.6) is 0 Å². The molecule has 0 aliphatic heterocycles. The zero-order chi connectivity index (χ0) is 37.5. The van der Waals surface area contributed by atoms with Gasteiger partial charge in [-0.15, -0.1) is 0 Å². The lowest BCUT2D eigenvalue weighted by molar-refractivity contribution is 1.08. The molecule has 12 aromatic rings. The number of benzene rings is 7. The molecule has 0 fully saturated rings. The first-order valence-corrected chi connectivity index (χ1v) is 19.3. The monoisotopic (exact) mass is 727 g/mol. The van der Waals surface area contributed by atoms with Gasteiger partial charge >= 0.3 is 0 Å². The number of para-hydroxylation sites is 3. The molecule has 0 aliphatic rings. The number of hydrogen-bond acceptors (Lipinski definition) is 2. The van der Waals surface area contributed by atoms with Crippen LogP contribution in [0.2, 0.25) is 0 Å². The minimum atomic E-state index is 0.881. The van der Waals surface area contributed by atoms with Crippen molar-refractivity contribution in [3.8, 4) is 39.8 Å². The topological polar surface area (TPSA) is 40.6 Å². The van der Waals surface area contributed by atoms with Crippen LogP contribution in [-0.4, -0.2) is 23.7 Å². The summed E-state index contributed by atoms with van der Waals surface area (Å²) < 4.78 is 7.16. The summed E-state index contributed by atoms with van der Waals surface area (Å²) >= 11 is 0. The van der Waals surface area contributed by atoms with Gasteiger partial charge in [-0.2, -0.15) is 0 Å². The van der Waals surface area contributed by atoms with Gasteiger partial charge in [0.15, 0.2) is 0 Å². The average molecular weight is 728 g/mol. The van der Waals surface area contributed by atoms with Crippen LogP contribution in [0.25, 0.3) is 105 Å². The highest BCUT2D eigenvalue weighted by Gasteiger charge is 2.24. The Bertz CT molecular complexity index is 3500. The zero-order valence-electron chi connectivity index (χ0n) is 30.8. The van der Waals surface area contributed by atoms with Gasteiger partial charge in [-0.1, -0.05) is 140 Å². The summed E-state index contributed by atoms with van der Waals surface area (Å²) in [5, 5.41) is 7.10. The Morgan fingerprint density at radius 3 is 1.33 bits per heavy atom. The lowest BCUT2D eigenvalue weighted by Gasteiger charge is -2.13. The molecule has 0 saturated carbocycles. The first-order valence-electron chi connectivity index (χ1n) is 19.3. The largest absolute Gasteiger partial charge is 0.307 e. The number of nitrogens with zero attached hydrogens (tertiary/aromatic N) is 5. The Labute approximate surface area is 328 Å². The molecule has 0 N–H and O–H groups in total. The highest BCUT2D eigenvalue weighted by molar-refractivity contribution is 6.26. The van der Waals surface area contributed by atoms with E-state index in [1.165, 1.54) is 32.3 Å². The summed E-state index contributed by atoms with van der Waals surface area (Å²) in [7, 11) is 0. The van der Waals surface area contributed by atoms with Gasteiger partial charge in [0.2, 0.25) is 0 Å². The van der Waals surface area contributed by atoms with Gasteiger partial charge < -0.3 is 4.57 Å². The van der Waals surface area contributed by atoms with Crippen molar-refractivity contribution in [3.63, 3.8) is 0 Å². The van der Waals surface area contributed by atoms with E-state index >= 15 is 0 Å². The Morgan fingerprint density at radius 2 is 0.719 bits per heavy atom. The molecule has 266 valence electrons. The fraction of sp³-hybridized carbons (Fsp3) is 0. The van der Waals surface area contributed by atoms with E-state index in [2.05, 4.69) is 202 Å². The van der Waals surface area contributed by atoms with E-state index in [0.717, 1.165) is 72.9 Å². The van der Waals surface area contributed by atoms with Crippen molar-refractivity contribution in [2.75, 3.05) is 0 Å². The highest BCUT2D eigenvalue weighted by Crippen LogP contribution is 2.44. The third-order valence-corrected chi connectivity index (χ3v) is 11.4. The molecule has 7 aromatic carbocycles. The first kappa shape index (κ1) is 31.6. The molecule has 0 unspecified atom stereocenters. The second kappa shape index (κ2) is 12.4. The molecule has 12 rings (SSSR count). The second-order valence-corrected chi connectivity index (χ2v) is 14.6. The Balaban J connectivity index is 1.22. The van der Waals surface area contributed by atoms with E-state index in [1.54, 1.807) is 0 Å². The zero-order valence-corrected chi connectivity index (χ0v) is 30.8. The van der Waals surface area contributed by atoms with Crippen molar-refractivity contribution in [1.29, 1.82) is 0 Å². The molecule has 0 radical (unpaired) electrons. The van der Waals surface area contributed by atoms with Crippen LogP contribution in [0.1, 0.15) is 0 Å². The van der Waals surface area contributed by atoms with E-state index < -0.39 is 0 Å². The van der Waals surface area contributed by atoms with Crippen LogP contribution < -0.4 is 0 Å². The Kier molecular flexibility index (Phi) is 6.86. The fourth-order valence-corrected chi connectivity index (χ4v) is 8.97. The fourth-order valence-electron chi connectivity index (χ4n) is 8.97. The number of hydrogen-bond donors (Lipinski definition) is 0. The number of rotatable bonds is 5. The molecule has 0 atom stereocenters. The highest BCUT2D eigenvalue weighted by atomic mass is 15.1. The SMILES string of the molecule is c1ccc(-c2cccc(-n3c4ccccc4c4cc5c(cc43)c3ccc4c6ccccc6n(-c6cccc(-c7ccccc7)n6)c4c3n5-c3ccccc3)n2)cc1. The van der Waals surface area contributed by atoms with Gasteiger partial charge in [-0.05, 0) is 60.7 Å². The van der Waals surface area contributed by atoms with Crippen molar-refractivity contribution in [2.24, 2.45) is 0 Å². The molecule has 0 aliphatic carbocycles. The van der Waals surface area contributed by atoms with E-state index in [4.69, 9.17) is 9.97 Å². The van der Waals surface area contributed by atoms with Crippen molar-refractivity contribution in [3.05, 3.63) is 200 Å². The van der Waals surface area contributed by atoms with Gasteiger partial charge in [0.25, 0.3) is 0 Å². The molecule has 0 bridgehead atoms. The van der Waals surface area contributed by atoms with Gasteiger partial charge in [0.05, 0.1) is 44.5 Å². The minimum absolute atomic E-state index is 0.881. The van der Waals surface area contributed by atoms with Crippen LogP contribution in [-0.2, 0) is 0 Å². The lowest BCUT2D eigenvalue weighted by atomic mass is 10.1. The Morgan fingerprint density at radius 1 is 0.281 bits per heavy atom. The summed E-state index contributed by atoms with van der Waals surface area (Å²) in [5.41, 5.74) is 12.0. The smallest absolute Gasteiger partial charge is 0.138 e. The maximum Gasteiger partial charge on any atom is 0.138 e. The van der Waals surface area contributed by atoms with E-state index in [9.17, 15) is 0 Å². The van der Waals surface area contributed by atoms with Crippen molar-refractivity contribution in [1.82, 2.24) is 23.7 Å². The average Bonchev–Trinajstić information content (AvgIpc) is 3.92. The molecular formula is C52H33N5. The molecule has 0 spiro atoms. The summed E-state index contributed by atoms with van der Waals surface area (Å²) in [5.74, 6) is 1.77. The molecule has 5 heterocycles. The van der Waals surface area contributed by atoms with Gasteiger partial charge in [-0.3, -0.25) is 9.13 Å². The summed E-state index contributed by atoms with van der Waals surface area (Å²) in [6, 6.07) is 71.1. The molecule has 5 heteroatoms. The minimum Gasteiger partial charge on any atom is -0.307 e. The standard InChI is InChI=1S/C52H33N5/c1-4-16-34(17-5-1)43-24-14-28-49(53-43)56-45-26-12-11-23-38(45)41-32-47-42(33-48(41)56)40-31-30-39-37-22-10-13-27-46(37)57(52(39)51(40)55(47)36-20-8-3-9-21-36)50-29-15-25-44(54-50)35-18-6-2-7-19-35/h1-33H. The third-order valence-electron chi connectivity index (χ3n) is 11.4. The summed E-state index contributed by atoms with van der Waals surface area (Å²) in [6.45, 7) is 0. The predicted molar refractivity (Wildman–Crippen MR) is 236 cm³/mol. The third kappa shape index (κ3) is 4.76. The van der Waals surface area contributed by atoms with E-state index in [1.807, 2.05) is 12.1 Å². The van der Waals surface area contributed by atoms with Crippen molar-refractivity contribution < 1.29 is 0 Å². The van der Waals surface area contributed by atoms with Crippen LogP contribution in [0, 0.1) is 0 Å². The number of aromatic nitrogens is 5. The van der Waals surface area contributed by atoms with Gasteiger partial charge in [0, 0.05) is 49.1 Å². The molecule has 5 aromatic heterocycles. The van der Waals surface area contributed by atoms with Crippen LogP contribution >= 0.6 is 0 Å². The predicted octanol–water partition coefficient (Wildman–Crippen LogP) is 13.1. The maximum absolute atomic E-state index is 5.34. The first-order chi connectivity index (χ1) is 28.3. The van der Waals surface area contributed by atoms with E-state index in [-0.39, 0.29) is 0 Å². The molecule has 0 saturated heterocycles. The quantitative estimate of drug-likeness (QED) is 0.177. The van der Waals surface area contributed by atoms with Crippen molar-refractivity contribution >= 4 is 65.4 Å². The molecule has 57 heavy (non-hydrogen) atoms. The van der Waals surface area contributed by atoms with Crippen molar-refractivity contribution in [2.45, 2.75) is 0 Å². The second-order valence-electron chi connectivity index (χ2n) is 14.6. The molecule has 0 amide bonds. The lowest BCUT2D eigenvalue weighted by Crippen LogP contribution is -2.01. The van der Waals surface area contributed by atoms with Gasteiger partial charge in [0.1, 0.15) is 11.6 Å². The summed E-state index contributed by atoms with van der Waals surface area (Å²) in [4.78, 5) is 10.6. The van der Waals surface area contributed by atoms with Crippen LogP contribution in [0.15, 0.2) is 200 Å².